The van der Waals surface area contributed by atoms with Crippen LogP contribution in [0.3, 0.4) is 0 Å². The van der Waals surface area contributed by atoms with Crippen LogP contribution < -0.4 is 9.47 Å². The summed E-state index contributed by atoms with van der Waals surface area (Å²) < 4.78 is 24.1. The molecule has 118 valence electrons. The van der Waals surface area contributed by atoms with Gasteiger partial charge in [0.2, 0.25) is 0 Å². The molecule has 0 fully saturated rings. The quantitative estimate of drug-likeness (QED) is 0.780. The topological polar surface area (TPSA) is 60.0 Å². The van der Waals surface area contributed by atoms with Crippen molar-refractivity contribution in [3.05, 3.63) is 48.3 Å². The van der Waals surface area contributed by atoms with E-state index in [-0.39, 0.29) is 5.82 Å². The third kappa shape index (κ3) is 3.15. The molecule has 6 heteroatoms. The van der Waals surface area contributed by atoms with Crippen molar-refractivity contribution in [3.8, 4) is 34.3 Å². The van der Waals surface area contributed by atoms with E-state index >= 15 is 0 Å². The first kappa shape index (κ1) is 15.0. The molecular formula is C17H16FN3O2. The van der Waals surface area contributed by atoms with Gasteiger partial charge in [0.1, 0.15) is 5.82 Å². The Labute approximate surface area is 133 Å². The van der Waals surface area contributed by atoms with Crippen molar-refractivity contribution >= 4 is 0 Å². The second-order valence-electron chi connectivity index (χ2n) is 4.82. The molecule has 1 aromatic heterocycles. The fourth-order valence-electron chi connectivity index (χ4n) is 2.24. The van der Waals surface area contributed by atoms with Gasteiger partial charge in [-0.25, -0.2) is 9.37 Å². The van der Waals surface area contributed by atoms with Gasteiger partial charge in [-0.2, -0.15) is 5.10 Å². The maximum Gasteiger partial charge on any atom is 0.181 e. The van der Waals surface area contributed by atoms with E-state index in [0.717, 1.165) is 5.56 Å². The van der Waals surface area contributed by atoms with Crippen molar-refractivity contribution in [1.82, 2.24) is 15.2 Å². The van der Waals surface area contributed by atoms with E-state index in [0.29, 0.717) is 35.3 Å². The Morgan fingerprint density at radius 1 is 1.09 bits per heavy atom. The maximum absolute atomic E-state index is 13.3. The molecule has 0 atom stereocenters. The molecule has 0 saturated heterocycles. The molecule has 0 bridgehead atoms. The maximum atomic E-state index is 13.3. The van der Waals surface area contributed by atoms with Crippen LogP contribution in [0.2, 0.25) is 0 Å². The molecule has 0 aliphatic rings. The highest BCUT2D eigenvalue weighted by Crippen LogP contribution is 2.31. The zero-order valence-electron chi connectivity index (χ0n) is 12.8. The Kier molecular flexibility index (Phi) is 4.23. The molecule has 0 aliphatic heterocycles. The smallest absolute Gasteiger partial charge is 0.181 e. The second kappa shape index (κ2) is 6.48. The van der Waals surface area contributed by atoms with E-state index in [2.05, 4.69) is 15.2 Å². The number of rotatable bonds is 5. The average molecular weight is 313 g/mol. The standard InChI is InChI=1S/C17H16FN3O2/c1-3-23-14-8-7-12(10-15(14)22-2)17-19-16(20-21-17)11-5-4-6-13(18)9-11/h4-10H,3H2,1-2H3,(H,19,20,21). The first-order chi connectivity index (χ1) is 11.2. The Hall–Kier alpha value is -2.89. The summed E-state index contributed by atoms with van der Waals surface area (Å²) >= 11 is 0. The van der Waals surface area contributed by atoms with E-state index in [1.807, 2.05) is 25.1 Å². The van der Waals surface area contributed by atoms with Gasteiger partial charge in [-0.05, 0) is 37.3 Å². The van der Waals surface area contributed by atoms with Crippen molar-refractivity contribution < 1.29 is 13.9 Å². The van der Waals surface area contributed by atoms with Gasteiger partial charge in [0, 0.05) is 11.1 Å². The third-order valence-corrected chi connectivity index (χ3v) is 3.31. The minimum atomic E-state index is -0.323. The Balaban J connectivity index is 1.94. The lowest BCUT2D eigenvalue weighted by molar-refractivity contribution is 0.311. The van der Waals surface area contributed by atoms with Crippen LogP contribution in [0.15, 0.2) is 42.5 Å². The normalized spacial score (nSPS) is 10.6. The number of nitrogens with one attached hydrogen (secondary N) is 1. The highest BCUT2D eigenvalue weighted by atomic mass is 19.1. The van der Waals surface area contributed by atoms with E-state index in [9.17, 15) is 4.39 Å². The zero-order chi connectivity index (χ0) is 16.2. The summed E-state index contributed by atoms with van der Waals surface area (Å²) in [5.41, 5.74) is 1.42. The van der Waals surface area contributed by atoms with Gasteiger partial charge in [0.05, 0.1) is 13.7 Å². The summed E-state index contributed by atoms with van der Waals surface area (Å²) in [6, 6.07) is 11.7. The lowest BCUT2D eigenvalue weighted by Gasteiger charge is -2.09. The van der Waals surface area contributed by atoms with Crippen molar-refractivity contribution in [2.45, 2.75) is 6.92 Å². The van der Waals surface area contributed by atoms with E-state index in [1.54, 1.807) is 19.2 Å². The van der Waals surface area contributed by atoms with Crippen LogP contribution >= 0.6 is 0 Å². The predicted molar refractivity (Wildman–Crippen MR) is 84.9 cm³/mol. The predicted octanol–water partition coefficient (Wildman–Crippen LogP) is 3.69. The summed E-state index contributed by atoms with van der Waals surface area (Å²) in [6.07, 6.45) is 0. The summed E-state index contributed by atoms with van der Waals surface area (Å²) in [5.74, 6) is 1.98. The monoisotopic (exact) mass is 313 g/mol. The molecule has 1 N–H and O–H groups in total. The Morgan fingerprint density at radius 2 is 1.96 bits per heavy atom. The highest BCUT2D eigenvalue weighted by molar-refractivity contribution is 5.64. The number of hydrogen-bond acceptors (Lipinski definition) is 4. The molecule has 0 aliphatic carbocycles. The zero-order valence-corrected chi connectivity index (χ0v) is 12.8. The van der Waals surface area contributed by atoms with E-state index < -0.39 is 0 Å². The lowest BCUT2D eigenvalue weighted by Crippen LogP contribution is -1.95. The number of H-pyrrole nitrogens is 1. The highest BCUT2D eigenvalue weighted by Gasteiger charge is 2.11. The number of aromatic amines is 1. The number of halogens is 1. The van der Waals surface area contributed by atoms with Crippen LogP contribution in [0, 0.1) is 5.82 Å². The van der Waals surface area contributed by atoms with Gasteiger partial charge in [0.15, 0.2) is 23.1 Å². The summed E-state index contributed by atoms with van der Waals surface area (Å²) in [4.78, 5) is 4.41. The molecule has 2 aromatic carbocycles. The SMILES string of the molecule is CCOc1ccc(-c2nc(-c3cccc(F)c3)n[nH]2)cc1OC. The van der Waals surface area contributed by atoms with Crippen LogP contribution in [0.5, 0.6) is 11.5 Å². The number of aromatic nitrogens is 3. The number of hydrogen-bond donors (Lipinski definition) is 1. The molecule has 3 rings (SSSR count). The molecule has 23 heavy (non-hydrogen) atoms. The van der Waals surface area contributed by atoms with Gasteiger partial charge < -0.3 is 9.47 Å². The fraction of sp³-hybridized carbons (Fsp3) is 0.176. The van der Waals surface area contributed by atoms with Crippen LogP contribution in [0.1, 0.15) is 6.92 Å². The molecular weight excluding hydrogens is 297 g/mol. The Bertz CT molecular complexity index is 817. The first-order valence-electron chi connectivity index (χ1n) is 7.21. The van der Waals surface area contributed by atoms with Gasteiger partial charge in [-0.15, -0.1) is 0 Å². The van der Waals surface area contributed by atoms with Gasteiger partial charge in [-0.3, -0.25) is 5.10 Å². The van der Waals surface area contributed by atoms with Gasteiger partial charge in [-0.1, -0.05) is 12.1 Å². The van der Waals surface area contributed by atoms with Crippen molar-refractivity contribution in [3.63, 3.8) is 0 Å². The third-order valence-electron chi connectivity index (χ3n) is 3.31. The van der Waals surface area contributed by atoms with E-state index in [4.69, 9.17) is 9.47 Å². The van der Waals surface area contributed by atoms with Crippen LogP contribution in [-0.4, -0.2) is 28.9 Å². The molecule has 5 nitrogen and oxygen atoms in total. The molecule has 0 radical (unpaired) electrons. The second-order valence-corrected chi connectivity index (χ2v) is 4.82. The van der Waals surface area contributed by atoms with Crippen LogP contribution in [0.4, 0.5) is 4.39 Å². The molecule has 1 heterocycles. The van der Waals surface area contributed by atoms with E-state index in [1.165, 1.54) is 12.1 Å². The van der Waals surface area contributed by atoms with Gasteiger partial charge in [0.25, 0.3) is 0 Å². The van der Waals surface area contributed by atoms with Crippen molar-refractivity contribution in [2.75, 3.05) is 13.7 Å². The molecule has 3 aromatic rings. The van der Waals surface area contributed by atoms with Gasteiger partial charge >= 0.3 is 0 Å². The van der Waals surface area contributed by atoms with Crippen LogP contribution in [0.25, 0.3) is 22.8 Å². The molecule has 0 unspecified atom stereocenters. The van der Waals surface area contributed by atoms with Crippen molar-refractivity contribution in [2.24, 2.45) is 0 Å². The number of ether oxygens (including phenoxy) is 2. The molecule has 0 spiro atoms. The first-order valence-corrected chi connectivity index (χ1v) is 7.21. The number of methoxy groups -OCH3 is 1. The summed E-state index contributed by atoms with van der Waals surface area (Å²) in [6.45, 7) is 2.47. The summed E-state index contributed by atoms with van der Waals surface area (Å²) in [5, 5.41) is 7.01. The van der Waals surface area contributed by atoms with Crippen LogP contribution in [-0.2, 0) is 0 Å². The fourth-order valence-corrected chi connectivity index (χ4v) is 2.24. The van der Waals surface area contributed by atoms with Crippen molar-refractivity contribution in [1.29, 1.82) is 0 Å². The Morgan fingerprint density at radius 3 is 2.70 bits per heavy atom. The molecule has 0 saturated carbocycles. The number of benzene rings is 2. The largest absolute Gasteiger partial charge is 0.493 e. The minimum Gasteiger partial charge on any atom is -0.493 e. The molecule has 0 amide bonds. The summed E-state index contributed by atoms with van der Waals surface area (Å²) in [7, 11) is 1.58. The number of nitrogens with zero attached hydrogens (tertiary/aromatic N) is 2. The lowest BCUT2D eigenvalue weighted by atomic mass is 10.2. The average Bonchev–Trinajstić information content (AvgIpc) is 3.05. The minimum absolute atomic E-state index is 0.323.